The summed E-state index contributed by atoms with van der Waals surface area (Å²) >= 11 is 0. The van der Waals surface area contributed by atoms with Crippen LogP contribution >= 0.6 is 0 Å². The normalized spacial score (nSPS) is 18.0. The van der Waals surface area contributed by atoms with E-state index in [9.17, 15) is 13.2 Å². The zero-order chi connectivity index (χ0) is 18.1. The van der Waals surface area contributed by atoms with Crippen molar-refractivity contribution < 1.29 is 13.2 Å². The van der Waals surface area contributed by atoms with Crippen LogP contribution in [0, 0.1) is 0 Å². The lowest BCUT2D eigenvalue weighted by atomic mass is 10.1. The molecule has 1 saturated heterocycles. The Kier molecular flexibility index (Phi) is 4.44. The molecule has 5 nitrogen and oxygen atoms in total. The maximum absolute atomic E-state index is 12.5. The number of amides is 1. The monoisotopic (exact) mass is 370 g/mol. The molecule has 0 aromatic heterocycles. The summed E-state index contributed by atoms with van der Waals surface area (Å²) in [6.07, 6.45) is 1.56. The third-order valence-corrected chi connectivity index (χ3v) is 7.36. The molecule has 2 aliphatic rings. The van der Waals surface area contributed by atoms with E-state index in [0.29, 0.717) is 18.0 Å². The van der Waals surface area contributed by atoms with Crippen molar-refractivity contribution in [1.82, 2.24) is 4.90 Å². The van der Waals surface area contributed by atoms with Crippen LogP contribution in [0.2, 0.25) is 0 Å². The second-order valence-electron chi connectivity index (χ2n) is 6.88. The molecule has 2 aromatic rings. The molecule has 0 unspecified atom stereocenters. The Hall–Kier alpha value is -2.34. The Morgan fingerprint density at radius 3 is 2.04 bits per heavy atom. The Morgan fingerprint density at radius 1 is 0.846 bits per heavy atom. The Bertz CT molecular complexity index is 882. The van der Waals surface area contributed by atoms with Gasteiger partial charge >= 0.3 is 0 Å². The van der Waals surface area contributed by atoms with E-state index >= 15 is 0 Å². The van der Waals surface area contributed by atoms with Crippen molar-refractivity contribution in [2.24, 2.45) is 0 Å². The third-order valence-electron chi connectivity index (χ3n) is 5.08. The van der Waals surface area contributed by atoms with Gasteiger partial charge in [-0.15, -0.1) is 0 Å². The summed E-state index contributed by atoms with van der Waals surface area (Å²) in [4.78, 5) is 17.0. The van der Waals surface area contributed by atoms with Crippen LogP contribution in [0.25, 0.3) is 0 Å². The van der Waals surface area contributed by atoms with Crippen LogP contribution in [0.15, 0.2) is 59.5 Å². The summed E-state index contributed by atoms with van der Waals surface area (Å²) < 4.78 is 24.6. The molecule has 136 valence electrons. The molecule has 6 heteroatoms. The molecule has 0 radical (unpaired) electrons. The maximum atomic E-state index is 12.5. The van der Waals surface area contributed by atoms with Crippen molar-refractivity contribution >= 4 is 21.4 Å². The minimum Gasteiger partial charge on any atom is -0.368 e. The van der Waals surface area contributed by atoms with Crippen molar-refractivity contribution in [3.63, 3.8) is 0 Å². The Labute approximate surface area is 154 Å². The number of hydrogen-bond donors (Lipinski definition) is 0. The summed E-state index contributed by atoms with van der Waals surface area (Å²) in [5.41, 5.74) is 1.72. The first-order valence-electron chi connectivity index (χ1n) is 8.99. The molecular formula is C20H22N2O3S. The lowest BCUT2D eigenvalue weighted by Crippen LogP contribution is -2.48. The van der Waals surface area contributed by atoms with Gasteiger partial charge in [-0.25, -0.2) is 8.42 Å². The molecule has 1 aliphatic carbocycles. The molecule has 0 atom stereocenters. The zero-order valence-corrected chi connectivity index (χ0v) is 15.4. The number of anilines is 1. The Morgan fingerprint density at radius 2 is 1.46 bits per heavy atom. The van der Waals surface area contributed by atoms with Gasteiger partial charge in [0.15, 0.2) is 9.84 Å². The molecular weight excluding hydrogens is 348 g/mol. The molecule has 0 spiro atoms. The van der Waals surface area contributed by atoms with Gasteiger partial charge in [0.2, 0.25) is 0 Å². The molecule has 1 saturated carbocycles. The van der Waals surface area contributed by atoms with E-state index in [0.717, 1.165) is 37.2 Å². The van der Waals surface area contributed by atoms with Crippen LogP contribution in [0.3, 0.4) is 0 Å². The third kappa shape index (κ3) is 3.33. The highest BCUT2D eigenvalue weighted by molar-refractivity contribution is 7.92. The number of carbonyl (C=O) groups excluding carboxylic acids is 1. The smallest absolute Gasteiger partial charge is 0.253 e. The van der Waals surface area contributed by atoms with Crippen LogP contribution < -0.4 is 4.90 Å². The van der Waals surface area contributed by atoms with Crippen molar-refractivity contribution in [2.75, 3.05) is 31.1 Å². The van der Waals surface area contributed by atoms with Crippen molar-refractivity contribution in [2.45, 2.75) is 23.0 Å². The van der Waals surface area contributed by atoms with Crippen molar-refractivity contribution in [3.05, 3.63) is 60.2 Å². The van der Waals surface area contributed by atoms with Gasteiger partial charge < -0.3 is 9.80 Å². The quantitative estimate of drug-likeness (QED) is 0.830. The molecule has 4 rings (SSSR count). The number of carbonyl (C=O) groups is 1. The Balaban J connectivity index is 1.39. The summed E-state index contributed by atoms with van der Waals surface area (Å²) in [5, 5.41) is -0.180. The standard InChI is InChI=1S/C20H22N2O3S/c23-20(16-4-2-1-3-5-16)22-14-12-21(13-15-22)17-6-8-18(9-7-17)26(24,25)19-10-11-19/h1-9,19H,10-15H2. The summed E-state index contributed by atoms with van der Waals surface area (Å²) in [6.45, 7) is 2.81. The highest BCUT2D eigenvalue weighted by atomic mass is 32.2. The van der Waals surface area contributed by atoms with E-state index in [-0.39, 0.29) is 11.2 Å². The van der Waals surface area contributed by atoms with Crippen LogP contribution in [0.4, 0.5) is 5.69 Å². The molecule has 0 N–H and O–H groups in total. The van der Waals surface area contributed by atoms with Crippen LogP contribution in [0.5, 0.6) is 0 Å². The van der Waals surface area contributed by atoms with Gasteiger partial charge in [0.25, 0.3) is 5.91 Å². The molecule has 2 aromatic carbocycles. The second kappa shape index (κ2) is 6.76. The SMILES string of the molecule is O=C(c1ccccc1)N1CCN(c2ccc(S(=O)(=O)C3CC3)cc2)CC1. The molecule has 1 heterocycles. The number of sulfone groups is 1. The molecule has 1 aliphatic heterocycles. The molecule has 0 bridgehead atoms. The fourth-order valence-corrected chi connectivity index (χ4v) is 5.01. The summed E-state index contributed by atoms with van der Waals surface area (Å²) in [5.74, 6) is 0.0659. The van der Waals surface area contributed by atoms with E-state index in [4.69, 9.17) is 0 Å². The minimum absolute atomic E-state index is 0.0659. The maximum Gasteiger partial charge on any atom is 0.253 e. The first kappa shape index (κ1) is 17.1. The summed E-state index contributed by atoms with van der Waals surface area (Å²) in [6, 6.07) is 16.5. The predicted octanol–water partition coefficient (Wildman–Crippen LogP) is 2.59. The number of hydrogen-bond acceptors (Lipinski definition) is 4. The van der Waals surface area contributed by atoms with Crippen molar-refractivity contribution in [1.29, 1.82) is 0 Å². The average molecular weight is 370 g/mol. The van der Waals surface area contributed by atoms with Gasteiger partial charge in [0, 0.05) is 37.4 Å². The number of benzene rings is 2. The van der Waals surface area contributed by atoms with Crippen LogP contribution in [-0.2, 0) is 9.84 Å². The molecule has 2 fully saturated rings. The average Bonchev–Trinajstić information content (AvgIpc) is 3.54. The fourth-order valence-electron chi connectivity index (χ4n) is 3.35. The second-order valence-corrected chi connectivity index (χ2v) is 9.11. The van der Waals surface area contributed by atoms with Gasteiger partial charge in [-0.1, -0.05) is 18.2 Å². The van der Waals surface area contributed by atoms with E-state index in [1.54, 1.807) is 12.1 Å². The lowest BCUT2D eigenvalue weighted by Gasteiger charge is -2.36. The first-order chi connectivity index (χ1) is 12.6. The van der Waals surface area contributed by atoms with Gasteiger partial charge in [0.05, 0.1) is 10.1 Å². The number of rotatable bonds is 4. The van der Waals surface area contributed by atoms with Crippen LogP contribution in [-0.4, -0.2) is 50.7 Å². The van der Waals surface area contributed by atoms with Crippen molar-refractivity contribution in [3.8, 4) is 0 Å². The van der Waals surface area contributed by atoms with E-state index in [1.165, 1.54) is 0 Å². The highest BCUT2D eigenvalue weighted by Gasteiger charge is 2.36. The minimum atomic E-state index is -3.14. The zero-order valence-electron chi connectivity index (χ0n) is 14.5. The molecule has 26 heavy (non-hydrogen) atoms. The summed E-state index contributed by atoms with van der Waals surface area (Å²) in [7, 11) is -3.14. The van der Waals surface area contributed by atoms with Gasteiger partial charge in [-0.2, -0.15) is 0 Å². The van der Waals surface area contributed by atoms with Gasteiger partial charge in [-0.05, 0) is 49.2 Å². The lowest BCUT2D eigenvalue weighted by molar-refractivity contribution is 0.0747. The van der Waals surface area contributed by atoms with E-state index < -0.39 is 9.84 Å². The van der Waals surface area contributed by atoms with Gasteiger partial charge in [0.1, 0.15) is 0 Å². The largest absolute Gasteiger partial charge is 0.368 e. The number of piperazine rings is 1. The molecule has 1 amide bonds. The predicted molar refractivity (Wildman–Crippen MR) is 101 cm³/mol. The van der Waals surface area contributed by atoms with E-state index in [2.05, 4.69) is 4.90 Å². The van der Waals surface area contributed by atoms with E-state index in [1.807, 2.05) is 47.4 Å². The first-order valence-corrected chi connectivity index (χ1v) is 10.5. The number of nitrogens with zero attached hydrogens (tertiary/aromatic N) is 2. The van der Waals surface area contributed by atoms with Crippen LogP contribution in [0.1, 0.15) is 23.2 Å². The van der Waals surface area contributed by atoms with Gasteiger partial charge in [-0.3, -0.25) is 4.79 Å². The topological polar surface area (TPSA) is 57.7 Å². The highest BCUT2D eigenvalue weighted by Crippen LogP contribution is 2.34. The fraction of sp³-hybridized carbons (Fsp3) is 0.350.